The van der Waals surface area contributed by atoms with E-state index in [1.807, 2.05) is 17.5 Å². The van der Waals surface area contributed by atoms with Crippen LogP contribution in [0.1, 0.15) is 18.7 Å². The number of likely N-dealkylation sites (tertiary alicyclic amines) is 1. The fourth-order valence-electron chi connectivity index (χ4n) is 2.26. The van der Waals surface area contributed by atoms with Gasteiger partial charge in [0.05, 0.1) is 11.4 Å². The molecule has 0 aliphatic carbocycles. The van der Waals surface area contributed by atoms with Crippen LogP contribution in [-0.4, -0.2) is 34.5 Å². The summed E-state index contributed by atoms with van der Waals surface area (Å²) in [5, 5.41) is 10.1. The van der Waals surface area contributed by atoms with Crippen LogP contribution in [0.3, 0.4) is 0 Å². The maximum atomic E-state index is 10.7. The van der Waals surface area contributed by atoms with Crippen molar-refractivity contribution in [2.45, 2.75) is 19.4 Å². The lowest BCUT2D eigenvalue weighted by Crippen LogP contribution is -2.33. The summed E-state index contributed by atoms with van der Waals surface area (Å²) in [6.07, 6.45) is 2.92. The van der Waals surface area contributed by atoms with E-state index in [9.17, 15) is 4.79 Å². The first-order chi connectivity index (χ1) is 9.35. The average molecular weight is 277 g/mol. The molecule has 0 radical (unpaired) electrons. The summed E-state index contributed by atoms with van der Waals surface area (Å²) in [6, 6.07) is 3.94. The molecule has 100 valence electrons. The van der Waals surface area contributed by atoms with Gasteiger partial charge in [-0.1, -0.05) is 6.07 Å². The molecule has 5 nitrogen and oxygen atoms in total. The van der Waals surface area contributed by atoms with Crippen molar-refractivity contribution in [3.05, 3.63) is 23.4 Å². The summed E-state index contributed by atoms with van der Waals surface area (Å²) < 4.78 is 5.66. The van der Waals surface area contributed by atoms with E-state index in [-0.39, 0.29) is 5.92 Å². The zero-order valence-electron chi connectivity index (χ0n) is 10.5. The van der Waals surface area contributed by atoms with Crippen LogP contribution in [0.2, 0.25) is 0 Å². The second-order valence-corrected chi connectivity index (χ2v) is 5.68. The van der Waals surface area contributed by atoms with E-state index in [0.717, 1.165) is 37.1 Å². The zero-order valence-corrected chi connectivity index (χ0v) is 11.3. The monoisotopic (exact) mass is 277 g/mol. The minimum Gasteiger partial charge on any atom is -0.419 e. The summed E-state index contributed by atoms with van der Waals surface area (Å²) in [6.45, 7) is 2.50. The summed E-state index contributed by atoms with van der Waals surface area (Å²) in [4.78, 5) is 14.0. The van der Waals surface area contributed by atoms with Crippen LogP contribution in [0, 0.1) is 5.92 Å². The normalized spacial score (nSPS) is 17.7. The van der Waals surface area contributed by atoms with Crippen LogP contribution in [0.4, 0.5) is 0 Å². The molecule has 0 unspecified atom stereocenters. The molecule has 0 N–H and O–H groups in total. The van der Waals surface area contributed by atoms with E-state index in [0.29, 0.717) is 18.3 Å². The van der Waals surface area contributed by atoms with Gasteiger partial charge in [0.1, 0.15) is 6.29 Å². The van der Waals surface area contributed by atoms with Gasteiger partial charge >= 0.3 is 0 Å². The molecule has 0 bridgehead atoms. The summed E-state index contributed by atoms with van der Waals surface area (Å²) in [7, 11) is 0. The number of hydrogen-bond acceptors (Lipinski definition) is 6. The quantitative estimate of drug-likeness (QED) is 0.802. The Morgan fingerprint density at radius 1 is 1.42 bits per heavy atom. The molecule has 1 saturated heterocycles. The van der Waals surface area contributed by atoms with Crippen molar-refractivity contribution in [1.29, 1.82) is 0 Å². The van der Waals surface area contributed by atoms with Crippen molar-refractivity contribution >= 4 is 17.6 Å². The fourth-order valence-corrected chi connectivity index (χ4v) is 2.90. The van der Waals surface area contributed by atoms with Crippen LogP contribution >= 0.6 is 11.3 Å². The second kappa shape index (κ2) is 5.63. The number of rotatable bonds is 4. The van der Waals surface area contributed by atoms with Crippen molar-refractivity contribution in [2.75, 3.05) is 13.1 Å². The maximum absolute atomic E-state index is 10.7. The number of hydrogen-bond donors (Lipinski definition) is 0. The molecule has 0 atom stereocenters. The van der Waals surface area contributed by atoms with E-state index in [2.05, 4.69) is 15.1 Å². The third kappa shape index (κ3) is 2.90. The van der Waals surface area contributed by atoms with Gasteiger partial charge in [0.15, 0.2) is 0 Å². The number of thiophene rings is 1. The fraction of sp³-hybridized carbons (Fsp3) is 0.462. The Hall–Kier alpha value is -1.53. The predicted octanol–water partition coefficient (Wildman–Crippen LogP) is 2.21. The molecule has 3 rings (SSSR count). The molecule has 1 fully saturated rings. The van der Waals surface area contributed by atoms with Gasteiger partial charge in [0.2, 0.25) is 5.89 Å². The number of carbonyl (C=O) groups excluding carboxylic acids is 1. The molecule has 3 heterocycles. The van der Waals surface area contributed by atoms with Crippen LogP contribution in [0.25, 0.3) is 10.8 Å². The van der Waals surface area contributed by atoms with Gasteiger partial charge in [-0.15, -0.1) is 21.5 Å². The van der Waals surface area contributed by atoms with Gasteiger partial charge < -0.3 is 9.21 Å². The van der Waals surface area contributed by atoms with Gasteiger partial charge in [-0.3, -0.25) is 4.90 Å². The van der Waals surface area contributed by atoms with Crippen molar-refractivity contribution in [1.82, 2.24) is 15.1 Å². The summed E-state index contributed by atoms with van der Waals surface area (Å²) >= 11 is 1.59. The molecule has 0 amide bonds. The highest BCUT2D eigenvalue weighted by atomic mass is 32.1. The van der Waals surface area contributed by atoms with Crippen molar-refractivity contribution in [2.24, 2.45) is 5.92 Å². The molecule has 19 heavy (non-hydrogen) atoms. The van der Waals surface area contributed by atoms with Gasteiger partial charge in [-0.05, 0) is 37.4 Å². The van der Waals surface area contributed by atoms with Crippen LogP contribution in [0.5, 0.6) is 0 Å². The zero-order chi connectivity index (χ0) is 13.1. The Morgan fingerprint density at radius 3 is 2.95 bits per heavy atom. The van der Waals surface area contributed by atoms with Crippen LogP contribution in [-0.2, 0) is 11.3 Å². The lowest BCUT2D eigenvalue weighted by molar-refractivity contribution is -0.112. The van der Waals surface area contributed by atoms with Crippen molar-refractivity contribution in [3.63, 3.8) is 0 Å². The Morgan fingerprint density at radius 2 is 2.26 bits per heavy atom. The highest BCUT2D eigenvalue weighted by Crippen LogP contribution is 2.24. The van der Waals surface area contributed by atoms with E-state index in [1.54, 1.807) is 11.3 Å². The topological polar surface area (TPSA) is 59.2 Å². The van der Waals surface area contributed by atoms with Crippen LogP contribution < -0.4 is 0 Å². The third-order valence-corrected chi connectivity index (χ3v) is 4.24. The van der Waals surface area contributed by atoms with Gasteiger partial charge in [-0.25, -0.2) is 0 Å². The lowest BCUT2D eigenvalue weighted by Gasteiger charge is -2.28. The number of aromatic nitrogens is 2. The minimum absolute atomic E-state index is 0.223. The van der Waals surface area contributed by atoms with Crippen molar-refractivity contribution in [3.8, 4) is 10.8 Å². The number of nitrogens with zero attached hydrogens (tertiary/aromatic N) is 3. The Balaban J connectivity index is 1.60. The summed E-state index contributed by atoms with van der Waals surface area (Å²) in [5.41, 5.74) is 0. The molecule has 1 aliphatic heterocycles. The SMILES string of the molecule is O=CC1CCN(Cc2nnc(-c3cccs3)o2)CC1. The van der Waals surface area contributed by atoms with E-state index in [1.165, 1.54) is 0 Å². The first kappa shape index (κ1) is 12.5. The number of aldehydes is 1. The van der Waals surface area contributed by atoms with Gasteiger partial charge in [0, 0.05) is 5.92 Å². The second-order valence-electron chi connectivity index (χ2n) is 4.73. The Kier molecular flexibility index (Phi) is 3.70. The standard InChI is InChI=1S/C13H15N3O2S/c17-9-10-3-5-16(6-4-10)8-12-14-15-13(18-12)11-2-1-7-19-11/h1-2,7,9-10H,3-6,8H2. The highest BCUT2D eigenvalue weighted by molar-refractivity contribution is 7.13. The third-order valence-electron chi connectivity index (χ3n) is 3.38. The molecule has 0 saturated carbocycles. The van der Waals surface area contributed by atoms with Gasteiger partial charge in [-0.2, -0.15) is 0 Å². The molecule has 1 aliphatic rings. The highest BCUT2D eigenvalue weighted by Gasteiger charge is 2.20. The molecule has 2 aromatic heterocycles. The Labute approximate surface area is 115 Å². The van der Waals surface area contributed by atoms with Crippen molar-refractivity contribution < 1.29 is 9.21 Å². The molecule has 0 spiro atoms. The molecular weight excluding hydrogens is 262 g/mol. The van der Waals surface area contributed by atoms with Crippen LogP contribution in [0.15, 0.2) is 21.9 Å². The molecule has 0 aromatic carbocycles. The average Bonchev–Trinajstić information content (AvgIpc) is 3.10. The predicted molar refractivity (Wildman–Crippen MR) is 71.7 cm³/mol. The first-order valence-corrected chi connectivity index (χ1v) is 7.27. The first-order valence-electron chi connectivity index (χ1n) is 6.39. The maximum Gasteiger partial charge on any atom is 0.257 e. The van der Waals surface area contributed by atoms with E-state index < -0.39 is 0 Å². The number of carbonyl (C=O) groups is 1. The minimum atomic E-state index is 0.223. The number of piperidine rings is 1. The molecular formula is C13H15N3O2S. The van der Waals surface area contributed by atoms with Gasteiger partial charge in [0.25, 0.3) is 5.89 Å². The van der Waals surface area contributed by atoms with E-state index >= 15 is 0 Å². The smallest absolute Gasteiger partial charge is 0.257 e. The van der Waals surface area contributed by atoms with E-state index in [4.69, 9.17) is 4.42 Å². The molecule has 2 aromatic rings. The largest absolute Gasteiger partial charge is 0.419 e. The summed E-state index contributed by atoms with van der Waals surface area (Å²) in [5.74, 6) is 1.46. The lowest BCUT2D eigenvalue weighted by atomic mass is 9.99. The molecule has 6 heteroatoms. The Bertz CT molecular complexity index is 530.